The number of anilines is 2. The van der Waals surface area contributed by atoms with E-state index in [1.54, 1.807) is 43.3 Å². The van der Waals surface area contributed by atoms with Crippen LogP contribution in [0.4, 0.5) is 19.9 Å². The van der Waals surface area contributed by atoms with Crippen LogP contribution < -0.4 is 10.6 Å². The molecule has 0 radical (unpaired) electrons. The molecule has 0 bridgehead atoms. The molecule has 0 spiro atoms. The van der Waals surface area contributed by atoms with E-state index in [0.29, 0.717) is 26.8 Å². The fourth-order valence-electron chi connectivity index (χ4n) is 2.83. The van der Waals surface area contributed by atoms with Gasteiger partial charge in [0.25, 0.3) is 0 Å². The van der Waals surface area contributed by atoms with Crippen molar-refractivity contribution in [1.82, 2.24) is 0 Å². The molecule has 3 rings (SSSR count). The minimum absolute atomic E-state index is 0.185. The van der Waals surface area contributed by atoms with Crippen molar-refractivity contribution in [3.8, 4) is 11.1 Å². The lowest BCUT2D eigenvalue weighted by Crippen LogP contribution is -2.20. The van der Waals surface area contributed by atoms with Crippen LogP contribution in [0.1, 0.15) is 22.2 Å². The summed E-state index contributed by atoms with van der Waals surface area (Å²) < 4.78 is 18.5. The molecule has 150 valence electrons. The molecule has 0 saturated carbocycles. The molecule has 0 saturated heterocycles. The first-order chi connectivity index (χ1) is 13.9. The molecule has 0 aliphatic carbocycles. The predicted molar refractivity (Wildman–Crippen MR) is 114 cm³/mol. The van der Waals surface area contributed by atoms with E-state index in [-0.39, 0.29) is 18.0 Å². The Balaban J connectivity index is 1.95. The number of urea groups is 1. The Morgan fingerprint density at radius 3 is 2.52 bits per heavy atom. The standard InChI is InChI=1S/C21H18ClFN2O3S/c1-3-28-20(26)18-17(13-7-9-15(23)10-8-13)12(2)29-19(18)25-21(27)24-16-6-4-5-14(22)11-16/h4-11H,3H2,1-2H3,(H2,24,25,27). The van der Waals surface area contributed by atoms with Crippen LogP contribution in [0.15, 0.2) is 48.5 Å². The number of rotatable bonds is 5. The zero-order chi connectivity index (χ0) is 21.0. The molecule has 0 atom stereocenters. The summed E-state index contributed by atoms with van der Waals surface area (Å²) in [6.45, 7) is 3.71. The van der Waals surface area contributed by atoms with E-state index in [9.17, 15) is 14.0 Å². The van der Waals surface area contributed by atoms with E-state index in [4.69, 9.17) is 16.3 Å². The van der Waals surface area contributed by atoms with Crippen LogP contribution in [0, 0.1) is 12.7 Å². The van der Waals surface area contributed by atoms with Gasteiger partial charge in [-0.2, -0.15) is 0 Å². The quantitative estimate of drug-likeness (QED) is 0.462. The molecule has 2 amide bonds. The molecular weight excluding hydrogens is 415 g/mol. The number of benzene rings is 2. The van der Waals surface area contributed by atoms with Crippen molar-refractivity contribution in [2.24, 2.45) is 0 Å². The summed E-state index contributed by atoms with van der Waals surface area (Å²) in [6, 6.07) is 12.0. The summed E-state index contributed by atoms with van der Waals surface area (Å²) in [4.78, 5) is 25.9. The lowest BCUT2D eigenvalue weighted by molar-refractivity contribution is 0.0529. The Hall–Kier alpha value is -2.90. The SMILES string of the molecule is CCOC(=O)c1c(NC(=O)Nc2cccc(Cl)c2)sc(C)c1-c1ccc(F)cc1. The van der Waals surface area contributed by atoms with E-state index >= 15 is 0 Å². The third-order valence-electron chi connectivity index (χ3n) is 4.01. The van der Waals surface area contributed by atoms with Gasteiger partial charge in [0.05, 0.1) is 6.61 Å². The highest BCUT2D eigenvalue weighted by atomic mass is 35.5. The first-order valence-corrected chi connectivity index (χ1v) is 9.98. The maximum atomic E-state index is 13.3. The average Bonchev–Trinajstić information content (AvgIpc) is 2.98. The first-order valence-electron chi connectivity index (χ1n) is 8.79. The van der Waals surface area contributed by atoms with Crippen molar-refractivity contribution >= 4 is 45.6 Å². The van der Waals surface area contributed by atoms with Gasteiger partial charge in [0.2, 0.25) is 0 Å². The van der Waals surface area contributed by atoms with Crippen LogP contribution in [-0.4, -0.2) is 18.6 Å². The Morgan fingerprint density at radius 1 is 1.14 bits per heavy atom. The summed E-state index contributed by atoms with van der Waals surface area (Å²) in [5, 5.41) is 6.22. The van der Waals surface area contributed by atoms with Gasteiger partial charge in [-0.05, 0) is 49.7 Å². The van der Waals surface area contributed by atoms with Gasteiger partial charge >= 0.3 is 12.0 Å². The smallest absolute Gasteiger partial charge is 0.341 e. The van der Waals surface area contributed by atoms with Crippen molar-refractivity contribution in [3.05, 3.63) is 69.8 Å². The molecule has 29 heavy (non-hydrogen) atoms. The first kappa shape index (κ1) is 20.8. The lowest BCUT2D eigenvalue weighted by atomic mass is 10.0. The van der Waals surface area contributed by atoms with E-state index in [1.165, 1.54) is 23.5 Å². The number of esters is 1. The number of nitrogens with one attached hydrogen (secondary N) is 2. The summed E-state index contributed by atoms with van der Waals surface area (Å²) in [5.41, 5.74) is 2.01. The van der Waals surface area contributed by atoms with Gasteiger partial charge in [0.15, 0.2) is 0 Å². The molecule has 1 heterocycles. The second kappa shape index (κ2) is 9.07. The number of halogens is 2. The molecule has 8 heteroatoms. The fourth-order valence-corrected chi connectivity index (χ4v) is 4.08. The number of carbonyl (C=O) groups is 2. The van der Waals surface area contributed by atoms with E-state index < -0.39 is 12.0 Å². The highest BCUT2D eigenvalue weighted by molar-refractivity contribution is 7.17. The average molecular weight is 433 g/mol. The minimum atomic E-state index is -0.561. The Labute approximate surface area is 176 Å². The Kier molecular flexibility index (Phi) is 6.51. The normalized spacial score (nSPS) is 10.5. The van der Waals surface area contributed by atoms with Gasteiger partial charge in [0.1, 0.15) is 16.4 Å². The van der Waals surface area contributed by atoms with Crippen molar-refractivity contribution in [1.29, 1.82) is 0 Å². The van der Waals surface area contributed by atoms with Crippen LogP contribution in [0.5, 0.6) is 0 Å². The number of amides is 2. The van der Waals surface area contributed by atoms with Gasteiger partial charge in [-0.1, -0.05) is 29.8 Å². The van der Waals surface area contributed by atoms with Gasteiger partial charge in [-0.25, -0.2) is 14.0 Å². The molecule has 5 nitrogen and oxygen atoms in total. The third kappa shape index (κ3) is 4.93. The maximum Gasteiger partial charge on any atom is 0.341 e. The Morgan fingerprint density at radius 2 is 1.86 bits per heavy atom. The molecule has 2 N–H and O–H groups in total. The Bertz CT molecular complexity index is 1050. The number of hydrogen-bond donors (Lipinski definition) is 2. The highest BCUT2D eigenvalue weighted by Gasteiger charge is 2.25. The summed E-state index contributed by atoms with van der Waals surface area (Å²) in [6.07, 6.45) is 0. The molecule has 2 aromatic carbocycles. The maximum absolute atomic E-state index is 13.3. The monoisotopic (exact) mass is 432 g/mol. The minimum Gasteiger partial charge on any atom is -0.462 e. The second-order valence-electron chi connectivity index (χ2n) is 6.05. The molecule has 3 aromatic rings. The number of aryl methyl sites for hydroxylation is 1. The van der Waals surface area contributed by atoms with E-state index in [0.717, 1.165) is 4.88 Å². The molecule has 0 aliphatic heterocycles. The second-order valence-corrected chi connectivity index (χ2v) is 7.72. The van der Waals surface area contributed by atoms with Crippen LogP contribution in [0.3, 0.4) is 0 Å². The van der Waals surface area contributed by atoms with Crippen molar-refractivity contribution in [3.63, 3.8) is 0 Å². The lowest BCUT2D eigenvalue weighted by Gasteiger charge is -2.10. The van der Waals surface area contributed by atoms with E-state index in [1.807, 2.05) is 6.92 Å². The zero-order valence-electron chi connectivity index (χ0n) is 15.7. The highest BCUT2D eigenvalue weighted by Crippen LogP contribution is 2.40. The van der Waals surface area contributed by atoms with Crippen molar-refractivity contribution in [2.45, 2.75) is 13.8 Å². The van der Waals surface area contributed by atoms with Crippen LogP contribution in [0.2, 0.25) is 5.02 Å². The molecular formula is C21H18ClFN2O3S. The number of carbonyl (C=O) groups excluding carboxylic acids is 2. The van der Waals surface area contributed by atoms with Crippen molar-refractivity contribution in [2.75, 3.05) is 17.2 Å². The predicted octanol–water partition coefficient (Wildman–Crippen LogP) is 6.34. The van der Waals surface area contributed by atoms with Crippen LogP contribution in [0.25, 0.3) is 11.1 Å². The molecule has 0 aliphatic rings. The van der Waals surface area contributed by atoms with Crippen molar-refractivity contribution < 1.29 is 18.7 Å². The van der Waals surface area contributed by atoms with Crippen LogP contribution in [-0.2, 0) is 4.74 Å². The number of ether oxygens (including phenoxy) is 1. The topological polar surface area (TPSA) is 67.4 Å². The van der Waals surface area contributed by atoms with E-state index in [2.05, 4.69) is 10.6 Å². The van der Waals surface area contributed by atoms with Crippen LogP contribution >= 0.6 is 22.9 Å². The number of hydrogen-bond acceptors (Lipinski definition) is 4. The fraction of sp³-hybridized carbons (Fsp3) is 0.143. The van der Waals surface area contributed by atoms with Gasteiger partial charge < -0.3 is 10.1 Å². The largest absolute Gasteiger partial charge is 0.462 e. The summed E-state index contributed by atoms with van der Waals surface area (Å²) >= 11 is 7.18. The summed E-state index contributed by atoms with van der Waals surface area (Å²) in [7, 11) is 0. The van der Waals surface area contributed by atoms with Gasteiger partial charge in [-0.3, -0.25) is 5.32 Å². The van der Waals surface area contributed by atoms with Gasteiger partial charge in [0, 0.05) is 21.2 Å². The molecule has 0 unspecified atom stereocenters. The number of thiophene rings is 1. The molecule has 0 fully saturated rings. The molecule has 1 aromatic heterocycles. The zero-order valence-corrected chi connectivity index (χ0v) is 17.3. The summed E-state index contributed by atoms with van der Waals surface area (Å²) in [5.74, 6) is -0.937. The van der Waals surface area contributed by atoms with Gasteiger partial charge in [-0.15, -0.1) is 11.3 Å². The third-order valence-corrected chi connectivity index (χ3v) is 5.26.